The van der Waals surface area contributed by atoms with Crippen molar-refractivity contribution in [1.82, 2.24) is 9.29 Å². The Bertz CT molecular complexity index is 769. The van der Waals surface area contributed by atoms with Crippen LogP contribution < -0.4 is 5.73 Å². The van der Waals surface area contributed by atoms with Gasteiger partial charge in [0.15, 0.2) is 0 Å². The number of aromatic nitrogens is 1. The van der Waals surface area contributed by atoms with Crippen LogP contribution >= 0.6 is 0 Å². The van der Waals surface area contributed by atoms with E-state index in [1.165, 1.54) is 10.5 Å². The third kappa shape index (κ3) is 2.41. The summed E-state index contributed by atoms with van der Waals surface area (Å²) in [5.41, 5.74) is 7.03. The van der Waals surface area contributed by atoms with E-state index in [0.29, 0.717) is 30.6 Å². The van der Waals surface area contributed by atoms with Crippen molar-refractivity contribution in [1.29, 1.82) is 0 Å². The zero-order valence-corrected chi connectivity index (χ0v) is 12.6. The molecule has 3 rings (SSSR count). The second-order valence-corrected chi connectivity index (χ2v) is 7.56. The first-order chi connectivity index (χ1) is 9.89. The minimum atomic E-state index is -3.58. The Hall–Kier alpha value is -1.57. The Morgan fingerprint density at radius 1 is 1.43 bits per heavy atom. The van der Waals surface area contributed by atoms with E-state index in [1.54, 1.807) is 18.2 Å². The van der Waals surface area contributed by atoms with Crippen molar-refractivity contribution in [2.45, 2.75) is 24.3 Å². The molecule has 7 heteroatoms. The van der Waals surface area contributed by atoms with Gasteiger partial charge in [-0.1, -0.05) is 6.92 Å². The van der Waals surface area contributed by atoms with Crippen molar-refractivity contribution >= 4 is 26.6 Å². The molecule has 1 fully saturated rings. The van der Waals surface area contributed by atoms with Crippen LogP contribution in [0.2, 0.25) is 0 Å². The number of hydrogen-bond acceptors (Lipinski definition) is 4. The van der Waals surface area contributed by atoms with Crippen LogP contribution in [-0.4, -0.2) is 42.0 Å². The number of fused-ring (bicyclic) bond motifs is 1. The first-order valence-electron chi connectivity index (χ1n) is 6.94. The maximum absolute atomic E-state index is 12.8. The fourth-order valence-electron chi connectivity index (χ4n) is 2.78. The Balaban J connectivity index is 2.02. The number of H-pyrrole nitrogens is 1. The lowest BCUT2D eigenvalue weighted by molar-refractivity contribution is 0.0629. The Labute approximate surface area is 123 Å². The van der Waals surface area contributed by atoms with Crippen molar-refractivity contribution < 1.29 is 13.5 Å². The van der Waals surface area contributed by atoms with Crippen LogP contribution in [0.1, 0.15) is 13.3 Å². The third-order valence-electron chi connectivity index (χ3n) is 4.11. The maximum atomic E-state index is 12.8. The normalized spacial score (nSPS) is 24.5. The standard InChI is InChI=1S/C14H19N3O3S/c1-9-8-17(5-4-13(9)18)21(19,20)14-7-16-12-3-2-10(15)6-11(12)14/h2-3,6-7,9,13,16,18H,4-5,8,15H2,1H3. The highest BCUT2D eigenvalue weighted by Crippen LogP contribution is 2.29. The number of piperidine rings is 1. The lowest BCUT2D eigenvalue weighted by Crippen LogP contribution is -2.44. The maximum Gasteiger partial charge on any atom is 0.245 e. The number of nitrogen functional groups attached to an aromatic ring is 1. The quantitative estimate of drug-likeness (QED) is 0.724. The van der Waals surface area contributed by atoms with Crippen LogP contribution in [0.4, 0.5) is 5.69 Å². The molecule has 2 atom stereocenters. The molecule has 1 aromatic carbocycles. The molecule has 1 aliphatic heterocycles. The number of nitrogens with two attached hydrogens (primary N) is 1. The average molecular weight is 309 g/mol. The van der Waals surface area contributed by atoms with Gasteiger partial charge in [-0.25, -0.2) is 8.42 Å². The smallest absolute Gasteiger partial charge is 0.245 e. The monoisotopic (exact) mass is 309 g/mol. The van der Waals surface area contributed by atoms with Gasteiger partial charge in [-0.3, -0.25) is 0 Å². The molecule has 1 aliphatic rings. The summed E-state index contributed by atoms with van der Waals surface area (Å²) < 4.78 is 27.1. The molecule has 0 saturated carbocycles. The van der Waals surface area contributed by atoms with Gasteiger partial charge in [-0.2, -0.15) is 4.31 Å². The zero-order chi connectivity index (χ0) is 15.2. The number of nitrogens with one attached hydrogen (secondary N) is 1. The van der Waals surface area contributed by atoms with Crippen LogP contribution in [0.5, 0.6) is 0 Å². The minimum Gasteiger partial charge on any atom is -0.399 e. The molecule has 0 aliphatic carbocycles. The molecule has 0 radical (unpaired) electrons. The highest BCUT2D eigenvalue weighted by molar-refractivity contribution is 7.89. The molecule has 0 bridgehead atoms. The predicted octanol–water partition coefficient (Wildman–Crippen LogP) is 1.14. The SMILES string of the molecule is CC1CN(S(=O)(=O)c2c[nH]c3ccc(N)cc23)CCC1O. The highest BCUT2D eigenvalue weighted by Gasteiger charge is 2.33. The van der Waals surface area contributed by atoms with Crippen LogP contribution in [0.3, 0.4) is 0 Å². The van der Waals surface area contributed by atoms with Gasteiger partial charge >= 0.3 is 0 Å². The van der Waals surface area contributed by atoms with E-state index in [1.807, 2.05) is 6.92 Å². The summed E-state index contributed by atoms with van der Waals surface area (Å²) in [6.45, 7) is 2.53. The second-order valence-electron chi connectivity index (χ2n) is 5.65. The minimum absolute atomic E-state index is 0.0659. The first kappa shape index (κ1) is 14.4. The molecule has 0 spiro atoms. The molecule has 114 valence electrons. The third-order valence-corrected chi connectivity index (χ3v) is 6.01. The highest BCUT2D eigenvalue weighted by atomic mass is 32.2. The van der Waals surface area contributed by atoms with Crippen LogP contribution in [0, 0.1) is 5.92 Å². The molecule has 0 amide bonds. The summed E-state index contributed by atoms with van der Waals surface area (Å²) in [5, 5.41) is 10.4. The van der Waals surface area contributed by atoms with Crippen LogP contribution in [0.15, 0.2) is 29.3 Å². The summed E-state index contributed by atoms with van der Waals surface area (Å²) in [7, 11) is -3.58. The number of sulfonamides is 1. The van der Waals surface area contributed by atoms with Gasteiger partial charge in [-0.05, 0) is 30.5 Å². The van der Waals surface area contributed by atoms with E-state index in [2.05, 4.69) is 4.98 Å². The van der Waals surface area contributed by atoms with E-state index < -0.39 is 16.1 Å². The van der Waals surface area contributed by atoms with E-state index in [9.17, 15) is 13.5 Å². The van der Waals surface area contributed by atoms with Gasteiger partial charge in [0.05, 0.1) is 6.10 Å². The molecule has 6 nitrogen and oxygen atoms in total. The number of aromatic amines is 1. The Morgan fingerprint density at radius 2 is 2.19 bits per heavy atom. The summed E-state index contributed by atoms with van der Waals surface area (Å²) in [6, 6.07) is 5.17. The lowest BCUT2D eigenvalue weighted by Gasteiger charge is -2.33. The van der Waals surface area contributed by atoms with E-state index >= 15 is 0 Å². The molecule has 2 unspecified atom stereocenters. The van der Waals surface area contributed by atoms with Gasteiger partial charge in [0.2, 0.25) is 10.0 Å². The molecular formula is C14H19N3O3S. The Kier molecular flexibility index (Phi) is 3.43. The molecule has 2 aromatic rings. The van der Waals surface area contributed by atoms with Crippen LogP contribution in [0.25, 0.3) is 10.9 Å². The molecule has 2 heterocycles. The molecule has 1 aromatic heterocycles. The Morgan fingerprint density at radius 3 is 2.90 bits per heavy atom. The summed E-state index contributed by atoms with van der Waals surface area (Å²) in [5.74, 6) is -0.0659. The number of aliphatic hydroxyl groups is 1. The number of benzene rings is 1. The van der Waals surface area contributed by atoms with Crippen molar-refractivity contribution in [2.24, 2.45) is 5.92 Å². The molecule has 1 saturated heterocycles. The fourth-order valence-corrected chi connectivity index (χ4v) is 4.49. The summed E-state index contributed by atoms with van der Waals surface area (Å²) in [4.78, 5) is 3.21. The molecule has 4 N–H and O–H groups in total. The van der Waals surface area contributed by atoms with Gasteiger partial charge in [0.1, 0.15) is 4.90 Å². The molecule has 21 heavy (non-hydrogen) atoms. The average Bonchev–Trinajstić information content (AvgIpc) is 2.85. The number of rotatable bonds is 2. The second kappa shape index (κ2) is 5.01. The van der Waals surface area contributed by atoms with Gasteiger partial charge in [0, 0.05) is 35.9 Å². The van der Waals surface area contributed by atoms with E-state index in [4.69, 9.17) is 5.73 Å². The number of anilines is 1. The largest absolute Gasteiger partial charge is 0.399 e. The van der Waals surface area contributed by atoms with E-state index in [-0.39, 0.29) is 10.8 Å². The summed E-state index contributed by atoms with van der Waals surface area (Å²) in [6.07, 6.45) is 1.54. The van der Waals surface area contributed by atoms with Gasteiger partial charge in [-0.15, -0.1) is 0 Å². The summed E-state index contributed by atoms with van der Waals surface area (Å²) >= 11 is 0. The zero-order valence-electron chi connectivity index (χ0n) is 11.8. The van der Waals surface area contributed by atoms with Crippen molar-refractivity contribution in [3.8, 4) is 0 Å². The van der Waals surface area contributed by atoms with Crippen molar-refractivity contribution in [2.75, 3.05) is 18.8 Å². The fraction of sp³-hybridized carbons (Fsp3) is 0.429. The number of aliphatic hydroxyl groups excluding tert-OH is 1. The van der Waals surface area contributed by atoms with Crippen molar-refractivity contribution in [3.05, 3.63) is 24.4 Å². The molecular weight excluding hydrogens is 290 g/mol. The lowest BCUT2D eigenvalue weighted by atomic mass is 9.99. The van der Waals surface area contributed by atoms with Crippen LogP contribution in [-0.2, 0) is 10.0 Å². The number of nitrogens with zero attached hydrogens (tertiary/aromatic N) is 1. The van der Waals surface area contributed by atoms with Crippen molar-refractivity contribution in [3.63, 3.8) is 0 Å². The topological polar surface area (TPSA) is 99.4 Å². The first-order valence-corrected chi connectivity index (χ1v) is 8.38. The number of hydrogen-bond donors (Lipinski definition) is 3. The van der Waals surface area contributed by atoms with E-state index in [0.717, 1.165) is 5.52 Å². The van der Waals surface area contributed by atoms with Gasteiger partial charge in [0.25, 0.3) is 0 Å². The van der Waals surface area contributed by atoms with Gasteiger partial charge < -0.3 is 15.8 Å². The predicted molar refractivity (Wildman–Crippen MR) is 81.3 cm³/mol.